The van der Waals surface area contributed by atoms with Gasteiger partial charge in [0.15, 0.2) is 5.03 Å². The molecule has 0 amide bonds. The number of hydrogen-bond acceptors (Lipinski definition) is 4. The fourth-order valence-electron chi connectivity index (χ4n) is 1.59. The number of aromatic nitrogens is 2. The van der Waals surface area contributed by atoms with Crippen LogP contribution in [0.2, 0.25) is 0 Å². The van der Waals surface area contributed by atoms with E-state index in [1.54, 1.807) is 32.2 Å². The predicted octanol–water partition coefficient (Wildman–Crippen LogP) is 1.11. The average Bonchev–Trinajstić information content (AvgIpc) is 2.72. The van der Waals surface area contributed by atoms with Crippen LogP contribution < -0.4 is 10.5 Å². The topological polar surface area (TPSA) is 90.0 Å². The van der Waals surface area contributed by atoms with E-state index >= 15 is 0 Å². The number of anilines is 2. The number of benzene rings is 1. The third kappa shape index (κ3) is 2.17. The molecule has 0 fully saturated rings. The normalized spacial score (nSPS) is 11.4. The number of nitrogen functional groups attached to an aromatic ring is 1. The van der Waals surface area contributed by atoms with Gasteiger partial charge < -0.3 is 5.73 Å². The van der Waals surface area contributed by atoms with Gasteiger partial charge in [0.05, 0.1) is 11.9 Å². The Kier molecular flexibility index (Phi) is 3.00. The van der Waals surface area contributed by atoms with Crippen LogP contribution >= 0.6 is 0 Å². The van der Waals surface area contributed by atoms with Crippen LogP contribution in [0.5, 0.6) is 0 Å². The molecule has 6 nitrogen and oxygen atoms in total. The van der Waals surface area contributed by atoms with Crippen molar-refractivity contribution in [2.45, 2.75) is 11.9 Å². The molecule has 2 aromatic rings. The summed E-state index contributed by atoms with van der Waals surface area (Å²) in [7, 11) is -2.07. The number of hydrogen-bond donors (Lipinski definition) is 2. The molecule has 1 aromatic heterocycles. The minimum absolute atomic E-state index is 0.101. The molecular weight excluding hydrogens is 252 g/mol. The molecule has 0 saturated carbocycles. The van der Waals surface area contributed by atoms with Gasteiger partial charge in [0.1, 0.15) is 0 Å². The highest BCUT2D eigenvalue weighted by Gasteiger charge is 2.19. The van der Waals surface area contributed by atoms with E-state index in [9.17, 15) is 8.42 Å². The lowest BCUT2D eigenvalue weighted by molar-refractivity contribution is 0.582. The van der Waals surface area contributed by atoms with Crippen molar-refractivity contribution < 1.29 is 8.42 Å². The second-order valence-electron chi connectivity index (χ2n) is 3.92. The standard InChI is InChI=1S/C11H14N4O2S/c1-8-9(12)4-3-5-10(8)14-18(16,17)11-6-7-13-15(11)2/h3-7,14H,12H2,1-2H3. The molecule has 2 rings (SSSR count). The first-order chi connectivity index (χ1) is 8.42. The first-order valence-electron chi connectivity index (χ1n) is 5.28. The van der Waals surface area contributed by atoms with Crippen LogP contribution in [-0.2, 0) is 17.1 Å². The molecule has 0 aliphatic heterocycles. The summed E-state index contributed by atoms with van der Waals surface area (Å²) < 4.78 is 28.1. The van der Waals surface area contributed by atoms with Crippen molar-refractivity contribution in [3.63, 3.8) is 0 Å². The van der Waals surface area contributed by atoms with Gasteiger partial charge in [-0.15, -0.1) is 0 Å². The number of rotatable bonds is 3. The Hall–Kier alpha value is -2.02. The maximum Gasteiger partial charge on any atom is 0.279 e. The third-order valence-electron chi connectivity index (χ3n) is 2.67. The summed E-state index contributed by atoms with van der Waals surface area (Å²) in [6.45, 7) is 1.76. The van der Waals surface area contributed by atoms with Crippen LogP contribution in [-0.4, -0.2) is 18.2 Å². The van der Waals surface area contributed by atoms with Gasteiger partial charge in [-0.2, -0.15) is 13.5 Å². The summed E-state index contributed by atoms with van der Waals surface area (Å²) in [6, 6.07) is 6.52. The number of nitrogens with zero attached hydrogens (tertiary/aromatic N) is 2. The Bertz CT molecular complexity index is 676. The lowest BCUT2D eigenvalue weighted by Crippen LogP contribution is -2.17. The SMILES string of the molecule is Cc1c(N)cccc1NS(=O)(=O)c1ccnn1C. The van der Waals surface area contributed by atoms with E-state index in [2.05, 4.69) is 9.82 Å². The third-order valence-corrected chi connectivity index (χ3v) is 4.11. The van der Waals surface area contributed by atoms with Gasteiger partial charge in [-0.05, 0) is 30.7 Å². The second kappa shape index (κ2) is 4.34. The summed E-state index contributed by atoms with van der Waals surface area (Å²) in [5.41, 5.74) is 7.44. The molecule has 1 aromatic carbocycles. The molecule has 96 valence electrons. The van der Waals surface area contributed by atoms with Crippen molar-refractivity contribution in [1.82, 2.24) is 9.78 Å². The Labute approximate surface area is 105 Å². The number of sulfonamides is 1. The smallest absolute Gasteiger partial charge is 0.279 e. The molecule has 3 N–H and O–H groups in total. The van der Waals surface area contributed by atoms with Gasteiger partial charge in [-0.25, -0.2) is 0 Å². The highest BCUT2D eigenvalue weighted by Crippen LogP contribution is 2.23. The van der Waals surface area contributed by atoms with Gasteiger partial charge in [0, 0.05) is 12.7 Å². The highest BCUT2D eigenvalue weighted by molar-refractivity contribution is 7.92. The average molecular weight is 266 g/mol. The lowest BCUT2D eigenvalue weighted by atomic mass is 10.2. The molecule has 0 bridgehead atoms. The first kappa shape index (κ1) is 12.4. The van der Waals surface area contributed by atoms with E-state index in [4.69, 9.17) is 5.73 Å². The van der Waals surface area contributed by atoms with Crippen LogP contribution in [0, 0.1) is 6.92 Å². The highest BCUT2D eigenvalue weighted by atomic mass is 32.2. The molecular formula is C11H14N4O2S. The van der Waals surface area contributed by atoms with Gasteiger partial charge in [-0.1, -0.05) is 6.07 Å². The minimum atomic E-state index is -3.65. The maximum absolute atomic E-state index is 12.1. The van der Waals surface area contributed by atoms with E-state index < -0.39 is 10.0 Å². The molecule has 0 aliphatic rings. The summed E-state index contributed by atoms with van der Waals surface area (Å²) in [5, 5.41) is 3.94. The fraction of sp³-hybridized carbons (Fsp3) is 0.182. The van der Waals surface area contributed by atoms with Crippen molar-refractivity contribution in [3.8, 4) is 0 Å². The molecule has 0 radical (unpaired) electrons. The minimum Gasteiger partial charge on any atom is -0.398 e. The molecule has 0 aliphatic carbocycles. The number of nitrogens with one attached hydrogen (secondary N) is 1. The lowest BCUT2D eigenvalue weighted by Gasteiger charge is -2.11. The van der Waals surface area contributed by atoms with Crippen molar-refractivity contribution in [2.24, 2.45) is 7.05 Å². The maximum atomic E-state index is 12.1. The van der Waals surface area contributed by atoms with E-state index in [-0.39, 0.29) is 5.03 Å². The van der Waals surface area contributed by atoms with Gasteiger partial charge in [-0.3, -0.25) is 9.40 Å². The largest absolute Gasteiger partial charge is 0.398 e. The van der Waals surface area contributed by atoms with Crippen molar-refractivity contribution in [3.05, 3.63) is 36.0 Å². The Balaban J connectivity index is 2.40. The Morgan fingerprint density at radius 1 is 1.33 bits per heavy atom. The first-order valence-corrected chi connectivity index (χ1v) is 6.76. The molecule has 18 heavy (non-hydrogen) atoms. The molecule has 0 spiro atoms. The van der Waals surface area contributed by atoms with Crippen LogP contribution in [0.1, 0.15) is 5.56 Å². The number of nitrogens with two attached hydrogens (primary N) is 1. The Morgan fingerprint density at radius 3 is 2.67 bits per heavy atom. The van der Waals surface area contributed by atoms with Crippen LogP contribution in [0.15, 0.2) is 35.5 Å². The quantitative estimate of drug-likeness (QED) is 0.814. The second-order valence-corrected chi connectivity index (χ2v) is 5.55. The summed E-state index contributed by atoms with van der Waals surface area (Å²) in [6.07, 6.45) is 1.43. The van der Waals surface area contributed by atoms with Crippen LogP contribution in [0.4, 0.5) is 11.4 Å². The van der Waals surface area contributed by atoms with Gasteiger partial charge in [0.2, 0.25) is 0 Å². The van der Waals surface area contributed by atoms with Crippen molar-refractivity contribution in [1.29, 1.82) is 0 Å². The van der Waals surface area contributed by atoms with E-state index in [1.807, 2.05) is 0 Å². The van der Waals surface area contributed by atoms with E-state index in [0.29, 0.717) is 16.9 Å². The molecule has 0 unspecified atom stereocenters. The monoisotopic (exact) mass is 266 g/mol. The Morgan fingerprint density at radius 2 is 2.06 bits per heavy atom. The fourth-order valence-corrected chi connectivity index (χ4v) is 2.84. The molecule has 7 heteroatoms. The molecule has 1 heterocycles. The van der Waals surface area contributed by atoms with Crippen LogP contribution in [0.25, 0.3) is 0 Å². The summed E-state index contributed by atoms with van der Waals surface area (Å²) >= 11 is 0. The zero-order valence-electron chi connectivity index (χ0n) is 10.1. The van der Waals surface area contributed by atoms with Gasteiger partial charge >= 0.3 is 0 Å². The van der Waals surface area contributed by atoms with E-state index in [1.165, 1.54) is 16.9 Å². The molecule has 0 saturated heterocycles. The zero-order valence-corrected chi connectivity index (χ0v) is 10.9. The van der Waals surface area contributed by atoms with E-state index in [0.717, 1.165) is 0 Å². The summed E-state index contributed by atoms with van der Waals surface area (Å²) in [4.78, 5) is 0. The summed E-state index contributed by atoms with van der Waals surface area (Å²) in [5.74, 6) is 0. The van der Waals surface area contributed by atoms with Crippen LogP contribution in [0.3, 0.4) is 0 Å². The zero-order chi connectivity index (χ0) is 13.3. The number of aryl methyl sites for hydroxylation is 1. The molecule has 0 atom stereocenters. The van der Waals surface area contributed by atoms with Gasteiger partial charge in [0.25, 0.3) is 10.0 Å². The van der Waals surface area contributed by atoms with Crippen molar-refractivity contribution in [2.75, 3.05) is 10.5 Å². The predicted molar refractivity (Wildman–Crippen MR) is 69.6 cm³/mol. The van der Waals surface area contributed by atoms with Crippen molar-refractivity contribution >= 4 is 21.4 Å².